The Morgan fingerprint density at radius 2 is 2.04 bits per heavy atom. The van der Waals surface area contributed by atoms with Gasteiger partial charge in [-0.05, 0) is 35.9 Å². The molecule has 4 nitrogen and oxygen atoms in total. The van der Waals surface area contributed by atoms with E-state index in [2.05, 4.69) is 11.6 Å². The number of hydrogen-bond acceptors (Lipinski definition) is 3. The van der Waals surface area contributed by atoms with E-state index >= 15 is 0 Å². The minimum atomic E-state index is -0.968. The van der Waals surface area contributed by atoms with Gasteiger partial charge in [0.1, 0.15) is 0 Å². The second-order valence-corrected chi connectivity index (χ2v) is 6.55. The highest BCUT2D eigenvalue weighted by atomic mass is 35.5. The average Bonchev–Trinajstić information content (AvgIpc) is 2.99. The van der Waals surface area contributed by atoms with Crippen LogP contribution in [0.25, 0.3) is 11.3 Å². The maximum Gasteiger partial charge on any atom is 0.335 e. The molecule has 0 spiro atoms. The molecule has 1 N–H and O–H groups in total. The van der Waals surface area contributed by atoms with Crippen LogP contribution in [0.2, 0.25) is 5.02 Å². The lowest BCUT2D eigenvalue weighted by atomic mass is 10.2. The Kier molecular flexibility index (Phi) is 5.16. The lowest BCUT2D eigenvalue weighted by Crippen LogP contribution is -2.14. The minimum absolute atomic E-state index is 0.214. The molecule has 25 heavy (non-hydrogen) atoms. The highest BCUT2D eigenvalue weighted by molar-refractivity contribution is 7.07. The molecule has 0 saturated heterocycles. The van der Waals surface area contributed by atoms with Crippen LogP contribution in [0, 0.1) is 0 Å². The third-order valence-corrected chi connectivity index (χ3v) is 4.68. The smallest absolute Gasteiger partial charge is 0.335 e. The molecule has 6 heteroatoms. The first-order chi connectivity index (χ1) is 12.1. The summed E-state index contributed by atoms with van der Waals surface area (Å²) >= 11 is 7.46. The third-order valence-electron chi connectivity index (χ3n) is 3.57. The summed E-state index contributed by atoms with van der Waals surface area (Å²) in [6, 6.07) is 14.2. The normalized spacial score (nSPS) is 11.5. The maximum atomic E-state index is 11.1. The van der Waals surface area contributed by atoms with E-state index < -0.39 is 5.97 Å². The number of carbonyl (C=O) groups is 1. The molecule has 0 amide bonds. The molecule has 0 atom stereocenters. The summed E-state index contributed by atoms with van der Waals surface area (Å²) in [5.74, 6) is -0.968. The Hall–Kier alpha value is -2.63. The fourth-order valence-electron chi connectivity index (χ4n) is 2.39. The first-order valence-electron chi connectivity index (χ1n) is 7.52. The van der Waals surface area contributed by atoms with Crippen LogP contribution < -0.4 is 4.80 Å². The summed E-state index contributed by atoms with van der Waals surface area (Å²) in [6.07, 6.45) is 1.80. The third kappa shape index (κ3) is 3.90. The molecule has 3 aromatic rings. The van der Waals surface area contributed by atoms with E-state index in [0.717, 1.165) is 16.1 Å². The van der Waals surface area contributed by atoms with E-state index in [1.165, 1.54) is 11.3 Å². The first-order valence-corrected chi connectivity index (χ1v) is 8.77. The van der Waals surface area contributed by atoms with Gasteiger partial charge in [-0.2, -0.15) is 0 Å². The molecule has 1 aromatic heterocycles. The van der Waals surface area contributed by atoms with Crippen molar-refractivity contribution < 1.29 is 9.90 Å². The predicted octanol–water partition coefficient (Wildman–Crippen LogP) is 4.99. The van der Waals surface area contributed by atoms with Crippen LogP contribution in [-0.2, 0) is 6.54 Å². The predicted molar refractivity (Wildman–Crippen MR) is 102 cm³/mol. The van der Waals surface area contributed by atoms with Gasteiger partial charge in [-0.15, -0.1) is 17.9 Å². The maximum absolute atomic E-state index is 11.1. The Morgan fingerprint density at radius 1 is 1.28 bits per heavy atom. The number of halogens is 1. The van der Waals surface area contributed by atoms with Gasteiger partial charge in [0.2, 0.25) is 0 Å². The zero-order valence-corrected chi connectivity index (χ0v) is 14.8. The second-order valence-electron chi connectivity index (χ2n) is 5.28. The van der Waals surface area contributed by atoms with Gasteiger partial charge in [0.25, 0.3) is 0 Å². The Balaban J connectivity index is 2.10. The van der Waals surface area contributed by atoms with Crippen molar-refractivity contribution in [3.05, 3.63) is 82.0 Å². The molecule has 0 aliphatic rings. The highest BCUT2D eigenvalue weighted by Crippen LogP contribution is 2.23. The number of aromatic carboxylic acids is 1. The van der Waals surface area contributed by atoms with E-state index in [9.17, 15) is 4.79 Å². The molecule has 0 radical (unpaired) electrons. The SMILES string of the molecule is C=CCn1c(-c2ccc(Cl)cc2)csc1=Nc1cccc(C(=O)O)c1. The minimum Gasteiger partial charge on any atom is -0.478 e. The number of hydrogen-bond donors (Lipinski definition) is 1. The van der Waals surface area contributed by atoms with Gasteiger partial charge in [0, 0.05) is 16.9 Å². The summed E-state index contributed by atoms with van der Waals surface area (Å²) < 4.78 is 2.04. The van der Waals surface area contributed by atoms with Gasteiger partial charge in [0.05, 0.1) is 16.9 Å². The van der Waals surface area contributed by atoms with Gasteiger partial charge in [-0.25, -0.2) is 9.79 Å². The van der Waals surface area contributed by atoms with Crippen molar-refractivity contribution in [2.75, 3.05) is 0 Å². The summed E-state index contributed by atoms with van der Waals surface area (Å²) in [6.45, 7) is 4.41. The van der Waals surface area contributed by atoms with Gasteiger partial charge < -0.3 is 9.67 Å². The lowest BCUT2D eigenvalue weighted by Gasteiger charge is -2.06. The van der Waals surface area contributed by atoms with Gasteiger partial charge in [0.15, 0.2) is 4.80 Å². The number of rotatable bonds is 5. The number of nitrogens with zero attached hydrogens (tertiary/aromatic N) is 2. The molecule has 0 aliphatic heterocycles. The summed E-state index contributed by atoms with van der Waals surface area (Å²) in [5, 5.41) is 11.8. The first kappa shape index (κ1) is 17.2. The molecule has 126 valence electrons. The molecule has 0 fully saturated rings. The van der Waals surface area contributed by atoms with Crippen molar-refractivity contribution in [3.8, 4) is 11.3 Å². The van der Waals surface area contributed by atoms with E-state index in [1.54, 1.807) is 30.3 Å². The van der Waals surface area contributed by atoms with Crippen LogP contribution in [0.1, 0.15) is 10.4 Å². The van der Waals surface area contributed by atoms with E-state index in [0.29, 0.717) is 17.3 Å². The van der Waals surface area contributed by atoms with Crippen LogP contribution in [0.4, 0.5) is 5.69 Å². The summed E-state index contributed by atoms with van der Waals surface area (Å²) in [5.41, 5.74) is 2.85. The molecular weight excluding hydrogens is 356 g/mol. The van der Waals surface area contributed by atoms with Crippen molar-refractivity contribution in [1.82, 2.24) is 4.57 Å². The zero-order chi connectivity index (χ0) is 17.8. The average molecular weight is 371 g/mol. The van der Waals surface area contributed by atoms with Gasteiger partial charge >= 0.3 is 5.97 Å². The molecule has 0 aliphatic carbocycles. The molecule has 0 saturated carbocycles. The number of carboxylic acids is 1. The van der Waals surface area contributed by atoms with Crippen molar-refractivity contribution in [3.63, 3.8) is 0 Å². The highest BCUT2D eigenvalue weighted by Gasteiger charge is 2.08. The number of thiazole rings is 1. The Morgan fingerprint density at radius 3 is 2.72 bits per heavy atom. The topological polar surface area (TPSA) is 54.6 Å². The molecule has 2 aromatic carbocycles. The van der Waals surface area contributed by atoms with Crippen LogP contribution in [0.5, 0.6) is 0 Å². The lowest BCUT2D eigenvalue weighted by molar-refractivity contribution is 0.0697. The van der Waals surface area contributed by atoms with E-state index in [-0.39, 0.29) is 5.56 Å². The molecule has 0 unspecified atom stereocenters. The monoisotopic (exact) mass is 370 g/mol. The summed E-state index contributed by atoms with van der Waals surface area (Å²) in [7, 11) is 0. The van der Waals surface area contributed by atoms with Gasteiger partial charge in [-0.1, -0.05) is 35.9 Å². The fraction of sp³-hybridized carbons (Fsp3) is 0.0526. The van der Waals surface area contributed by atoms with Crippen LogP contribution in [0.3, 0.4) is 0 Å². The zero-order valence-electron chi connectivity index (χ0n) is 13.2. The summed E-state index contributed by atoms with van der Waals surface area (Å²) in [4.78, 5) is 16.5. The van der Waals surface area contributed by atoms with Crippen LogP contribution >= 0.6 is 22.9 Å². The van der Waals surface area contributed by atoms with Crippen molar-refractivity contribution >= 4 is 34.6 Å². The Bertz CT molecular complexity index is 987. The molecule has 0 bridgehead atoms. The second kappa shape index (κ2) is 7.51. The fourth-order valence-corrected chi connectivity index (χ4v) is 3.46. The van der Waals surface area contributed by atoms with Gasteiger partial charge in [-0.3, -0.25) is 0 Å². The number of aromatic nitrogens is 1. The van der Waals surface area contributed by atoms with E-state index in [1.807, 2.05) is 34.2 Å². The molecule has 3 rings (SSSR count). The number of carboxylic acid groups (broad SMARTS) is 1. The number of allylic oxidation sites excluding steroid dienone is 1. The molecular formula is C19H15ClN2O2S. The number of benzene rings is 2. The van der Waals surface area contributed by atoms with Crippen LogP contribution in [0.15, 0.2) is 71.6 Å². The largest absolute Gasteiger partial charge is 0.478 e. The van der Waals surface area contributed by atoms with Crippen molar-refractivity contribution in [2.24, 2.45) is 4.99 Å². The standard InChI is InChI=1S/C19H15ClN2O2S/c1-2-10-22-17(13-6-8-15(20)9-7-13)12-25-19(22)21-16-5-3-4-14(11-16)18(23)24/h2-9,11-12H,1,10H2,(H,23,24). The van der Waals surface area contributed by atoms with E-state index in [4.69, 9.17) is 16.7 Å². The molecule has 1 heterocycles. The van der Waals surface area contributed by atoms with Crippen molar-refractivity contribution in [2.45, 2.75) is 6.54 Å². The quantitative estimate of drug-likeness (QED) is 0.643. The Labute approximate surface area is 154 Å². The van der Waals surface area contributed by atoms with Crippen LogP contribution in [-0.4, -0.2) is 15.6 Å². The van der Waals surface area contributed by atoms with Crippen molar-refractivity contribution in [1.29, 1.82) is 0 Å².